The predicted molar refractivity (Wildman–Crippen MR) is 186 cm³/mol. The van der Waals surface area contributed by atoms with Crippen molar-refractivity contribution >= 4 is 10.9 Å². The molecule has 4 nitrogen and oxygen atoms in total. The van der Waals surface area contributed by atoms with Gasteiger partial charge in [-0.25, -0.2) is 4.98 Å². The van der Waals surface area contributed by atoms with Crippen LogP contribution in [-0.4, -0.2) is 20.1 Å². The van der Waals surface area contributed by atoms with Gasteiger partial charge in [-0.15, -0.1) is 0 Å². The number of hydrogen-bond donors (Lipinski definition) is 3. The fourth-order valence-electron chi connectivity index (χ4n) is 4.77. The second kappa shape index (κ2) is 19.4. The average Bonchev–Trinajstić information content (AvgIpc) is 3.61. The maximum atomic E-state index is 8.99. The highest BCUT2D eigenvalue weighted by atomic mass is 16.3. The minimum atomic E-state index is 0.345. The van der Waals surface area contributed by atoms with Crippen LogP contribution in [0.15, 0.2) is 97.6 Å². The summed E-state index contributed by atoms with van der Waals surface area (Å²) in [7, 11) is 0. The highest BCUT2D eigenvalue weighted by molar-refractivity contribution is 5.83. The minimum absolute atomic E-state index is 0.345. The second-order valence-corrected chi connectivity index (χ2v) is 13.0. The number of aromatic nitrogens is 3. The van der Waals surface area contributed by atoms with Crippen LogP contribution in [0.1, 0.15) is 77.8 Å². The second-order valence-electron chi connectivity index (χ2n) is 13.0. The van der Waals surface area contributed by atoms with E-state index in [1.54, 1.807) is 18.5 Å². The van der Waals surface area contributed by atoms with Crippen molar-refractivity contribution in [2.75, 3.05) is 0 Å². The number of rotatable bonds is 8. The van der Waals surface area contributed by atoms with E-state index in [1.165, 1.54) is 39.7 Å². The monoisotopic (exact) mass is 581 g/mol. The van der Waals surface area contributed by atoms with Gasteiger partial charge >= 0.3 is 0 Å². The lowest BCUT2D eigenvalue weighted by Gasteiger charge is -2.03. The van der Waals surface area contributed by atoms with Crippen molar-refractivity contribution in [2.24, 2.45) is 23.7 Å². The average molecular weight is 582 g/mol. The van der Waals surface area contributed by atoms with Gasteiger partial charge in [0.2, 0.25) is 0 Å². The lowest BCUT2D eigenvalue weighted by atomic mass is 10.0. The van der Waals surface area contributed by atoms with Crippen molar-refractivity contribution < 1.29 is 5.11 Å². The van der Waals surface area contributed by atoms with Gasteiger partial charge in [0, 0.05) is 29.0 Å². The number of phenolic OH excluding ortho intramolecular Hbond substituents is 1. The first kappa shape index (κ1) is 35.4. The van der Waals surface area contributed by atoms with Gasteiger partial charge in [-0.3, -0.25) is 0 Å². The lowest BCUT2D eigenvalue weighted by molar-refractivity contribution is 0.475. The summed E-state index contributed by atoms with van der Waals surface area (Å²) in [6.45, 7) is 17.8. The van der Waals surface area contributed by atoms with Crippen molar-refractivity contribution in [3.63, 3.8) is 0 Å². The fraction of sp³-hybridized carbons (Fsp3) is 0.410. The van der Waals surface area contributed by atoms with Crippen molar-refractivity contribution in [3.8, 4) is 5.75 Å². The first-order valence-corrected chi connectivity index (χ1v) is 15.9. The molecule has 0 saturated heterocycles. The van der Waals surface area contributed by atoms with E-state index in [-0.39, 0.29) is 0 Å². The SMILES string of the molecule is CC(C)Cc1c[nH]c2ccccc12.CC(C)Cc1ccc(O)cc1.CC(C)Cc1ccccc1.CC(C)Cc1cnc[nH]1. The number of nitrogens with one attached hydrogen (secondary N) is 2. The van der Waals surface area contributed by atoms with Crippen molar-refractivity contribution in [1.82, 2.24) is 15.0 Å². The molecule has 232 valence electrons. The Balaban J connectivity index is 0.000000202. The Kier molecular flexibility index (Phi) is 16.0. The number of aromatic hydroxyl groups is 1. The van der Waals surface area contributed by atoms with Crippen LogP contribution >= 0.6 is 0 Å². The van der Waals surface area contributed by atoms with Gasteiger partial charge in [0.25, 0.3) is 0 Å². The molecule has 2 heterocycles. The van der Waals surface area contributed by atoms with Crippen LogP contribution in [0, 0.1) is 23.7 Å². The molecular formula is C39H55N3O. The summed E-state index contributed by atoms with van der Waals surface area (Å²) in [5.41, 5.74) is 6.64. The standard InChI is InChI=1S/C12H15N.C10H14O.C10H14.C7H12N2/c1-9(2)7-10-8-13-12-6-4-3-5-11(10)12;1-8(2)7-9-3-5-10(11)6-4-9;1-9(2)8-10-6-4-3-5-7-10;1-6(2)3-7-4-8-5-9-7/h3-6,8-9,13H,7H2,1-2H3;3-6,8,11H,7H2,1-2H3;3-7,9H,8H2,1-2H3;4-6H,3H2,1-2H3,(H,8,9). The Morgan fingerprint density at radius 2 is 1.12 bits per heavy atom. The molecule has 0 atom stereocenters. The number of imidazole rings is 1. The topological polar surface area (TPSA) is 64.7 Å². The first-order valence-electron chi connectivity index (χ1n) is 15.9. The van der Waals surface area contributed by atoms with E-state index in [2.05, 4.69) is 131 Å². The van der Waals surface area contributed by atoms with Crippen LogP contribution in [0.25, 0.3) is 10.9 Å². The first-order chi connectivity index (χ1) is 20.5. The van der Waals surface area contributed by atoms with Crippen LogP contribution < -0.4 is 0 Å². The third-order valence-corrected chi connectivity index (χ3v) is 6.55. The number of hydrogen-bond acceptors (Lipinski definition) is 2. The van der Waals surface area contributed by atoms with Crippen LogP contribution in [0.2, 0.25) is 0 Å². The van der Waals surface area contributed by atoms with Crippen LogP contribution in [0.4, 0.5) is 0 Å². The highest BCUT2D eigenvalue weighted by Crippen LogP contribution is 2.20. The van der Waals surface area contributed by atoms with Gasteiger partial charge in [-0.1, -0.05) is 116 Å². The summed E-state index contributed by atoms with van der Waals surface area (Å²) in [5, 5.41) is 10.4. The Morgan fingerprint density at radius 1 is 0.581 bits per heavy atom. The Hall–Kier alpha value is -3.79. The zero-order chi connectivity index (χ0) is 31.6. The molecule has 3 N–H and O–H groups in total. The summed E-state index contributed by atoms with van der Waals surface area (Å²) in [4.78, 5) is 10.3. The minimum Gasteiger partial charge on any atom is -0.508 e. The van der Waals surface area contributed by atoms with Gasteiger partial charge in [0.1, 0.15) is 5.75 Å². The lowest BCUT2D eigenvalue weighted by Crippen LogP contribution is -1.92. The van der Waals surface area contributed by atoms with Gasteiger partial charge in [-0.2, -0.15) is 0 Å². The molecule has 0 spiro atoms. The molecule has 0 radical (unpaired) electrons. The van der Waals surface area contributed by atoms with Crippen molar-refractivity contribution in [1.29, 1.82) is 0 Å². The Morgan fingerprint density at radius 3 is 1.65 bits per heavy atom. The zero-order valence-corrected chi connectivity index (χ0v) is 27.8. The number of fused-ring (bicyclic) bond motifs is 1. The normalized spacial score (nSPS) is 10.7. The summed E-state index contributed by atoms with van der Waals surface area (Å²) < 4.78 is 0. The molecule has 0 fully saturated rings. The summed E-state index contributed by atoms with van der Waals surface area (Å²) in [5.74, 6) is 3.23. The summed E-state index contributed by atoms with van der Waals surface area (Å²) in [6, 6.07) is 26.5. The smallest absolute Gasteiger partial charge is 0.115 e. The quantitative estimate of drug-likeness (QED) is 0.171. The number of phenols is 1. The summed E-state index contributed by atoms with van der Waals surface area (Å²) in [6.07, 6.45) is 10.3. The number of para-hydroxylation sites is 1. The molecule has 4 heteroatoms. The predicted octanol–water partition coefficient (Wildman–Crippen LogP) is 10.5. The molecule has 3 aromatic carbocycles. The van der Waals surface area contributed by atoms with Gasteiger partial charge in [-0.05, 0) is 84.2 Å². The van der Waals surface area contributed by atoms with E-state index in [1.807, 2.05) is 18.3 Å². The molecule has 0 aliphatic heterocycles. The molecule has 5 aromatic rings. The number of H-pyrrole nitrogens is 2. The van der Waals surface area contributed by atoms with Crippen molar-refractivity contribution in [2.45, 2.75) is 81.1 Å². The van der Waals surface area contributed by atoms with E-state index in [0.29, 0.717) is 17.6 Å². The van der Waals surface area contributed by atoms with E-state index in [4.69, 9.17) is 5.11 Å². The highest BCUT2D eigenvalue weighted by Gasteiger charge is 2.04. The largest absolute Gasteiger partial charge is 0.508 e. The molecular weight excluding hydrogens is 526 g/mol. The molecule has 43 heavy (non-hydrogen) atoms. The number of aromatic amines is 2. The third kappa shape index (κ3) is 15.3. The van der Waals surface area contributed by atoms with Crippen molar-refractivity contribution in [3.05, 3.63) is 120 Å². The summed E-state index contributed by atoms with van der Waals surface area (Å²) >= 11 is 0. The number of benzene rings is 3. The van der Waals surface area contributed by atoms with E-state index in [9.17, 15) is 0 Å². The molecule has 0 unspecified atom stereocenters. The molecule has 5 rings (SSSR count). The van der Waals surface area contributed by atoms with E-state index >= 15 is 0 Å². The van der Waals surface area contributed by atoms with Crippen LogP contribution in [-0.2, 0) is 25.7 Å². The molecule has 0 saturated carbocycles. The molecule has 0 bridgehead atoms. The van der Waals surface area contributed by atoms with Crippen LogP contribution in [0.5, 0.6) is 5.75 Å². The van der Waals surface area contributed by atoms with E-state index in [0.717, 1.165) is 31.1 Å². The number of nitrogens with zero attached hydrogens (tertiary/aromatic N) is 1. The third-order valence-electron chi connectivity index (χ3n) is 6.55. The maximum absolute atomic E-state index is 8.99. The maximum Gasteiger partial charge on any atom is 0.115 e. The molecule has 2 aromatic heterocycles. The Bertz CT molecular complexity index is 1370. The Labute approximate surface area is 261 Å². The zero-order valence-electron chi connectivity index (χ0n) is 27.8. The molecule has 0 aliphatic carbocycles. The van der Waals surface area contributed by atoms with Gasteiger partial charge < -0.3 is 15.1 Å². The fourth-order valence-corrected chi connectivity index (χ4v) is 4.77. The van der Waals surface area contributed by atoms with Crippen LogP contribution in [0.3, 0.4) is 0 Å². The van der Waals surface area contributed by atoms with Gasteiger partial charge in [0.15, 0.2) is 0 Å². The van der Waals surface area contributed by atoms with Gasteiger partial charge in [0.05, 0.1) is 6.33 Å². The van der Waals surface area contributed by atoms with E-state index < -0.39 is 0 Å². The molecule has 0 amide bonds. The molecule has 0 aliphatic rings.